The summed E-state index contributed by atoms with van der Waals surface area (Å²) in [4.78, 5) is 8.11. The molecule has 0 amide bonds. The summed E-state index contributed by atoms with van der Waals surface area (Å²) in [5, 5.41) is 25.0. The van der Waals surface area contributed by atoms with Crippen molar-refractivity contribution < 1.29 is 9.05 Å². The van der Waals surface area contributed by atoms with E-state index in [1.54, 1.807) is 36.4 Å². The monoisotopic (exact) mass is 438 g/mol. The second-order valence-corrected chi connectivity index (χ2v) is 6.21. The van der Waals surface area contributed by atoms with Gasteiger partial charge in [0.2, 0.25) is 23.4 Å². The average molecular weight is 439 g/mol. The summed E-state index contributed by atoms with van der Waals surface area (Å²) in [6.45, 7) is 0. The van der Waals surface area contributed by atoms with Gasteiger partial charge in [-0.2, -0.15) is 20.5 Å². The Morgan fingerprint density at radius 3 is 1.50 bits per heavy atom. The van der Waals surface area contributed by atoms with E-state index in [4.69, 9.17) is 42.8 Å². The number of rotatable bonds is 4. The van der Waals surface area contributed by atoms with Crippen molar-refractivity contribution in [2.45, 2.75) is 11.8 Å². The van der Waals surface area contributed by atoms with Gasteiger partial charge in [0.25, 0.3) is 0 Å². The lowest BCUT2D eigenvalue weighted by atomic mass is 10.1. The van der Waals surface area contributed by atoms with E-state index in [1.807, 2.05) is 24.3 Å². The van der Waals surface area contributed by atoms with Crippen LogP contribution in [0.2, 0.25) is 0 Å². The standard InChI is InChI=1S/2C10H6ClN3O/c2*11-5-9-13-10(14-15-9)8-3-1-2-7(4-8)6-12/h2*1-4H,5H2. The largest absolute Gasteiger partial charge is 0.338 e. The van der Waals surface area contributed by atoms with Gasteiger partial charge in [-0.3, -0.25) is 0 Å². The van der Waals surface area contributed by atoms with E-state index in [-0.39, 0.29) is 11.8 Å². The maximum Gasteiger partial charge on any atom is 0.241 e. The molecule has 2 heterocycles. The number of nitriles is 2. The van der Waals surface area contributed by atoms with Crippen LogP contribution in [-0.4, -0.2) is 20.3 Å². The van der Waals surface area contributed by atoms with Crippen LogP contribution in [0.4, 0.5) is 0 Å². The molecule has 0 bridgehead atoms. The maximum atomic E-state index is 8.72. The molecule has 0 atom stereocenters. The second kappa shape index (κ2) is 10.2. The van der Waals surface area contributed by atoms with Gasteiger partial charge in [-0.15, -0.1) is 23.2 Å². The molecule has 10 heteroatoms. The third-order valence-corrected chi connectivity index (χ3v) is 4.12. The molecule has 0 aliphatic carbocycles. The van der Waals surface area contributed by atoms with Gasteiger partial charge in [-0.05, 0) is 24.3 Å². The molecule has 2 aromatic heterocycles. The number of aromatic nitrogens is 4. The molecule has 4 aromatic rings. The fourth-order valence-corrected chi connectivity index (χ4v) is 2.53. The molecule has 0 aliphatic heterocycles. The predicted octanol–water partition coefficient (Wildman–Crippen LogP) is 4.69. The zero-order valence-corrected chi connectivity index (χ0v) is 16.8. The maximum absolute atomic E-state index is 8.72. The highest BCUT2D eigenvalue weighted by atomic mass is 35.5. The second-order valence-electron chi connectivity index (χ2n) is 5.68. The Kier molecular flexibility index (Phi) is 7.12. The van der Waals surface area contributed by atoms with Crippen molar-refractivity contribution in [3.05, 3.63) is 71.4 Å². The van der Waals surface area contributed by atoms with Crippen LogP contribution in [0.5, 0.6) is 0 Å². The molecule has 0 fully saturated rings. The number of nitrogens with zero attached hydrogens (tertiary/aromatic N) is 6. The summed E-state index contributed by atoms with van der Waals surface area (Å²) in [6.07, 6.45) is 0. The molecule has 4 rings (SSSR count). The highest BCUT2D eigenvalue weighted by molar-refractivity contribution is 6.16. The van der Waals surface area contributed by atoms with Crippen LogP contribution in [-0.2, 0) is 11.8 Å². The summed E-state index contributed by atoms with van der Waals surface area (Å²) in [5.74, 6) is 2.00. The average Bonchev–Trinajstić information content (AvgIpc) is 3.49. The number of benzene rings is 2. The smallest absolute Gasteiger partial charge is 0.241 e. The Balaban J connectivity index is 0.000000171. The number of hydrogen-bond acceptors (Lipinski definition) is 8. The van der Waals surface area contributed by atoms with Gasteiger partial charge >= 0.3 is 0 Å². The van der Waals surface area contributed by atoms with Crippen LogP contribution in [0.1, 0.15) is 22.9 Å². The van der Waals surface area contributed by atoms with Crippen molar-refractivity contribution >= 4 is 23.2 Å². The van der Waals surface area contributed by atoms with E-state index in [0.29, 0.717) is 34.6 Å². The third-order valence-electron chi connectivity index (χ3n) is 3.66. The van der Waals surface area contributed by atoms with Gasteiger partial charge in [-0.1, -0.05) is 34.6 Å². The van der Waals surface area contributed by atoms with E-state index >= 15 is 0 Å². The Hall–Kier alpha value is -3.72. The first kappa shape index (κ1) is 21.0. The molecule has 8 nitrogen and oxygen atoms in total. The Labute approximate surface area is 181 Å². The quantitative estimate of drug-likeness (QED) is 0.419. The van der Waals surface area contributed by atoms with Crippen molar-refractivity contribution in [3.63, 3.8) is 0 Å². The Morgan fingerprint density at radius 1 is 0.733 bits per heavy atom. The zero-order chi connectivity index (χ0) is 21.3. The lowest BCUT2D eigenvalue weighted by Gasteiger charge is -1.93. The Morgan fingerprint density at radius 2 is 1.17 bits per heavy atom. The van der Waals surface area contributed by atoms with Crippen LogP contribution in [0, 0.1) is 22.7 Å². The molecule has 0 N–H and O–H groups in total. The predicted molar refractivity (Wildman–Crippen MR) is 108 cm³/mol. The summed E-state index contributed by atoms with van der Waals surface area (Å²) in [7, 11) is 0. The Bertz CT molecular complexity index is 1130. The molecule has 148 valence electrons. The van der Waals surface area contributed by atoms with Crippen LogP contribution < -0.4 is 0 Å². The molecule has 0 saturated carbocycles. The molecular weight excluding hydrogens is 427 g/mol. The fourth-order valence-electron chi connectivity index (χ4n) is 2.31. The van der Waals surface area contributed by atoms with Crippen molar-refractivity contribution in [1.82, 2.24) is 20.3 Å². The number of hydrogen-bond donors (Lipinski definition) is 0. The SMILES string of the molecule is N#Cc1cccc(-c2noc(CCl)n2)c1.N#Cc1cccc(-c2noc(CCl)n2)c1. The number of halogens is 2. The molecule has 0 saturated heterocycles. The van der Waals surface area contributed by atoms with Crippen molar-refractivity contribution in [3.8, 4) is 34.9 Å². The molecule has 0 radical (unpaired) electrons. The summed E-state index contributed by atoms with van der Waals surface area (Å²) >= 11 is 11.1. The molecule has 30 heavy (non-hydrogen) atoms. The minimum Gasteiger partial charge on any atom is -0.338 e. The van der Waals surface area contributed by atoms with Crippen LogP contribution in [0.25, 0.3) is 22.8 Å². The van der Waals surface area contributed by atoms with Crippen LogP contribution >= 0.6 is 23.2 Å². The first-order chi connectivity index (χ1) is 14.7. The van der Waals surface area contributed by atoms with Gasteiger partial charge in [0, 0.05) is 11.1 Å². The minimum absolute atomic E-state index is 0.185. The molecular formula is C20H12Cl2N6O2. The molecule has 0 aliphatic rings. The lowest BCUT2D eigenvalue weighted by molar-refractivity contribution is 0.391. The van der Waals surface area contributed by atoms with E-state index in [2.05, 4.69) is 20.3 Å². The third kappa shape index (κ3) is 5.21. The summed E-state index contributed by atoms with van der Waals surface area (Å²) < 4.78 is 9.73. The fraction of sp³-hybridized carbons (Fsp3) is 0.100. The molecule has 0 unspecified atom stereocenters. The minimum atomic E-state index is 0.185. The zero-order valence-electron chi connectivity index (χ0n) is 15.3. The van der Waals surface area contributed by atoms with Crippen molar-refractivity contribution in [1.29, 1.82) is 10.5 Å². The van der Waals surface area contributed by atoms with Gasteiger partial charge < -0.3 is 9.05 Å². The van der Waals surface area contributed by atoms with Crippen molar-refractivity contribution in [2.24, 2.45) is 0 Å². The van der Waals surface area contributed by atoms with Gasteiger partial charge in [-0.25, -0.2) is 0 Å². The first-order valence-corrected chi connectivity index (χ1v) is 9.52. The lowest BCUT2D eigenvalue weighted by Crippen LogP contribution is -1.82. The number of alkyl halides is 2. The molecule has 2 aromatic carbocycles. The van der Waals surface area contributed by atoms with E-state index in [0.717, 1.165) is 11.1 Å². The van der Waals surface area contributed by atoms with E-state index < -0.39 is 0 Å². The van der Waals surface area contributed by atoms with Crippen molar-refractivity contribution in [2.75, 3.05) is 0 Å². The topological polar surface area (TPSA) is 125 Å². The van der Waals surface area contributed by atoms with Gasteiger partial charge in [0.1, 0.15) is 11.8 Å². The van der Waals surface area contributed by atoms with Gasteiger partial charge in [0.05, 0.1) is 23.3 Å². The van der Waals surface area contributed by atoms with Gasteiger partial charge in [0.15, 0.2) is 0 Å². The van der Waals surface area contributed by atoms with E-state index in [1.165, 1.54) is 0 Å². The van der Waals surface area contributed by atoms with E-state index in [9.17, 15) is 0 Å². The van der Waals surface area contributed by atoms with Crippen LogP contribution in [0.3, 0.4) is 0 Å². The first-order valence-electron chi connectivity index (χ1n) is 8.45. The summed E-state index contributed by atoms with van der Waals surface area (Å²) in [5.41, 5.74) is 2.61. The highest BCUT2D eigenvalue weighted by Gasteiger charge is 2.08. The normalized spacial score (nSPS) is 9.87. The summed E-state index contributed by atoms with van der Waals surface area (Å²) in [6, 6.07) is 18.1. The van der Waals surface area contributed by atoms with Crippen LogP contribution in [0.15, 0.2) is 57.6 Å². The molecule has 0 spiro atoms. The highest BCUT2D eigenvalue weighted by Crippen LogP contribution is 2.18.